The van der Waals surface area contributed by atoms with Crippen LogP contribution in [0.5, 0.6) is 0 Å². The molecule has 1 saturated heterocycles. The number of unbranched alkanes of at least 4 members (excludes halogenated alkanes) is 1. The van der Waals surface area contributed by atoms with Crippen molar-refractivity contribution in [3.8, 4) is 0 Å². The minimum atomic E-state index is -4.45. The summed E-state index contributed by atoms with van der Waals surface area (Å²) < 4.78 is 33.2. The standard InChI is InChI=1S/C9H16FNO3S/c1-2-3-4-11-6-8(5-9(11)12)7-15(10,13)14/h8H,2-7H2,1H3. The summed E-state index contributed by atoms with van der Waals surface area (Å²) in [7, 11) is -4.45. The Labute approximate surface area is 89.7 Å². The van der Waals surface area contributed by atoms with Crippen LogP contribution in [0.2, 0.25) is 0 Å². The summed E-state index contributed by atoms with van der Waals surface area (Å²) in [5.74, 6) is -0.956. The lowest BCUT2D eigenvalue weighted by molar-refractivity contribution is -0.127. The van der Waals surface area contributed by atoms with Crippen LogP contribution < -0.4 is 0 Å². The van der Waals surface area contributed by atoms with Crippen molar-refractivity contribution in [1.82, 2.24) is 4.90 Å². The zero-order valence-electron chi connectivity index (χ0n) is 8.78. The minimum absolute atomic E-state index is 0.0582. The molecule has 1 fully saturated rings. The van der Waals surface area contributed by atoms with Gasteiger partial charge < -0.3 is 4.90 Å². The highest BCUT2D eigenvalue weighted by Crippen LogP contribution is 2.20. The molecule has 0 bridgehead atoms. The van der Waals surface area contributed by atoms with E-state index in [2.05, 4.69) is 0 Å². The molecule has 88 valence electrons. The van der Waals surface area contributed by atoms with Crippen molar-refractivity contribution in [2.45, 2.75) is 26.2 Å². The van der Waals surface area contributed by atoms with E-state index in [0.29, 0.717) is 13.1 Å². The first kappa shape index (κ1) is 12.4. The molecule has 0 aliphatic carbocycles. The highest BCUT2D eigenvalue weighted by Gasteiger charge is 2.32. The highest BCUT2D eigenvalue weighted by atomic mass is 32.3. The molecule has 1 amide bonds. The van der Waals surface area contributed by atoms with Gasteiger partial charge in [0.05, 0.1) is 5.75 Å². The minimum Gasteiger partial charge on any atom is -0.342 e. The summed E-state index contributed by atoms with van der Waals surface area (Å²) in [5.41, 5.74) is 0. The van der Waals surface area contributed by atoms with Crippen LogP contribution in [-0.2, 0) is 15.0 Å². The Hall–Kier alpha value is -0.650. The maximum absolute atomic E-state index is 12.4. The van der Waals surface area contributed by atoms with E-state index in [0.717, 1.165) is 12.8 Å². The largest absolute Gasteiger partial charge is 0.342 e. The van der Waals surface area contributed by atoms with Crippen molar-refractivity contribution >= 4 is 16.1 Å². The van der Waals surface area contributed by atoms with Gasteiger partial charge in [-0.25, -0.2) is 0 Å². The molecule has 0 aromatic heterocycles. The first-order valence-electron chi connectivity index (χ1n) is 5.12. The number of amides is 1. The van der Waals surface area contributed by atoms with Crippen molar-refractivity contribution in [2.75, 3.05) is 18.8 Å². The maximum Gasteiger partial charge on any atom is 0.302 e. The number of rotatable bonds is 5. The third-order valence-electron chi connectivity index (χ3n) is 2.51. The van der Waals surface area contributed by atoms with Crippen LogP contribution in [0.1, 0.15) is 26.2 Å². The average Bonchev–Trinajstić information content (AvgIpc) is 2.39. The van der Waals surface area contributed by atoms with Gasteiger partial charge >= 0.3 is 10.2 Å². The van der Waals surface area contributed by atoms with Gasteiger partial charge in [-0.15, -0.1) is 3.89 Å². The molecule has 0 aromatic rings. The van der Waals surface area contributed by atoms with Gasteiger partial charge in [0.1, 0.15) is 0 Å². The van der Waals surface area contributed by atoms with E-state index in [1.165, 1.54) is 0 Å². The molecule has 1 heterocycles. The summed E-state index contributed by atoms with van der Waals surface area (Å²) in [6, 6.07) is 0. The Balaban J connectivity index is 2.45. The smallest absolute Gasteiger partial charge is 0.302 e. The monoisotopic (exact) mass is 237 g/mol. The molecule has 1 aliphatic rings. The van der Waals surface area contributed by atoms with Crippen molar-refractivity contribution in [3.63, 3.8) is 0 Å². The Morgan fingerprint density at radius 3 is 2.73 bits per heavy atom. The van der Waals surface area contributed by atoms with Gasteiger partial charge in [0.2, 0.25) is 5.91 Å². The molecule has 15 heavy (non-hydrogen) atoms. The number of hydrogen-bond donors (Lipinski definition) is 0. The van der Waals surface area contributed by atoms with Crippen LogP contribution in [-0.4, -0.2) is 38.1 Å². The average molecular weight is 237 g/mol. The Bertz CT molecular complexity index is 328. The molecular weight excluding hydrogens is 221 g/mol. The van der Waals surface area contributed by atoms with Gasteiger partial charge in [0.15, 0.2) is 0 Å². The molecule has 6 heteroatoms. The number of carbonyl (C=O) groups excluding carboxylic acids is 1. The third-order valence-corrected chi connectivity index (χ3v) is 3.38. The summed E-state index contributed by atoms with van der Waals surface area (Å²) in [5, 5.41) is 0. The lowest BCUT2D eigenvalue weighted by Crippen LogP contribution is -2.26. The Morgan fingerprint density at radius 2 is 2.20 bits per heavy atom. The quantitative estimate of drug-likeness (QED) is 0.668. The van der Waals surface area contributed by atoms with Crippen LogP contribution in [0.4, 0.5) is 3.89 Å². The van der Waals surface area contributed by atoms with Gasteiger partial charge in [0.25, 0.3) is 0 Å². The summed E-state index contributed by atoms with van der Waals surface area (Å²) in [6.45, 7) is 3.05. The first-order valence-corrected chi connectivity index (χ1v) is 6.67. The highest BCUT2D eigenvalue weighted by molar-refractivity contribution is 7.86. The molecule has 0 radical (unpaired) electrons. The van der Waals surface area contributed by atoms with Crippen LogP contribution in [0.25, 0.3) is 0 Å². The normalized spacial score (nSPS) is 22.4. The molecule has 0 N–H and O–H groups in total. The van der Waals surface area contributed by atoms with Gasteiger partial charge in [-0.2, -0.15) is 8.42 Å². The van der Waals surface area contributed by atoms with E-state index in [4.69, 9.17) is 0 Å². The van der Waals surface area contributed by atoms with Crippen molar-refractivity contribution in [3.05, 3.63) is 0 Å². The second kappa shape index (κ2) is 4.92. The van der Waals surface area contributed by atoms with Crippen LogP contribution in [0, 0.1) is 5.92 Å². The summed E-state index contributed by atoms with van der Waals surface area (Å²) in [6.07, 6.45) is 2.05. The van der Waals surface area contributed by atoms with E-state index >= 15 is 0 Å². The van der Waals surface area contributed by atoms with Crippen LogP contribution >= 0.6 is 0 Å². The number of nitrogens with zero attached hydrogens (tertiary/aromatic N) is 1. The molecule has 1 aliphatic heterocycles. The number of halogens is 1. The van der Waals surface area contributed by atoms with Crippen molar-refractivity contribution in [2.24, 2.45) is 5.92 Å². The second-order valence-corrected chi connectivity index (χ2v) is 5.38. The molecule has 1 unspecified atom stereocenters. The van der Waals surface area contributed by atoms with Crippen LogP contribution in [0.15, 0.2) is 0 Å². The first-order chi connectivity index (χ1) is 6.92. The predicted molar refractivity (Wildman–Crippen MR) is 54.5 cm³/mol. The third kappa shape index (κ3) is 4.15. The van der Waals surface area contributed by atoms with Gasteiger partial charge in [-0.3, -0.25) is 4.79 Å². The fraction of sp³-hybridized carbons (Fsp3) is 0.889. The van der Waals surface area contributed by atoms with Gasteiger partial charge in [-0.05, 0) is 6.42 Å². The van der Waals surface area contributed by atoms with E-state index < -0.39 is 16.0 Å². The summed E-state index contributed by atoms with van der Waals surface area (Å²) in [4.78, 5) is 13.0. The topological polar surface area (TPSA) is 54.5 Å². The second-order valence-electron chi connectivity index (χ2n) is 3.97. The molecule has 0 aromatic carbocycles. The molecule has 1 atom stereocenters. The number of carbonyl (C=O) groups is 1. The fourth-order valence-electron chi connectivity index (χ4n) is 1.81. The van der Waals surface area contributed by atoms with Crippen molar-refractivity contribution in [1.29, 1.82) is 0 Å². The molecular formula is C9H16FNO3S. The predicted octanol–water partition coefficient (Wildman–Crippen LogP) is 0.934. The lowest BCUT2D eigenvalue weighted by atomic mass is 10.1. The van der Waals surface area contributed by atoms with E-state index in [1.54, 1.807) is 4.90 Å². The van der Waals surface area contributed by atoms with E-state index in [9.17, 15) is 17.1 Å². The summed E-state index contributed by atoms with van der Waals surface area (Å²) >= 11 is 0. The Morgan fingerprint density at radius 1 is 1.53 bits per heavy atom. The molecule has 0 spiro atoms. The van der Waals surface area contributed by atoms with Gasteiger partial charge in [0, 0.05) is 25.4 Å². The lowest BCUT2D eigenvalue weighted by Gasteiger charge is -2.15. The SMILES string of the molecule is CCCCN1CC(CS(=O)(=O)F)CC1=O. The van der Waals surface area contributed by atoms with Crippen LogP contribution in [0.3, 0.4) is 0 Å². The zero-order chi connectivity index (χ0) is 11.5. The molecule has 1 rings (SSSR count). The van der Waals surface area contributed by atoms with Crippen molar-refractivity contribution < 1.29 is 17.1 Å². The maximum atomic E-state index is 12.4. The number of hydrogen-bond acceptors (Lipinski definition) is 3. The molecule has 4 nitrogen and oxygen atoms in total. The van der Waals surface area contributed by atoms with E-state index in [1.807, 2.05) is 6.92 Å². The number of likely N-dealkylation sites (tertiary alicyclic amines) is 1. The fourth-order valence-corrected chi connectivity index (χ4v) is 2.60. The van der Waals surface area contributed by atoms with E-state index in [-0.39, 0.29) is 18.2 Å². The van der Waals surface area contributed by atoms with Gasteiger partial charge in [-0.1, -0.05) is 13.3 Å². The Kier molecular flexibility index (Phi) is 4.07. The molecule has 0 saturated carbocycles. The zero-order valence-corrected chi connectivity index (χ0v) is 9.59.